The fourth-order valence-corrected chi connectivity index (χ4v) is 5.54. The van der Waals surface area contributed by atoms with Crippen LogP contribution in [0.25, 0.3) is 0 Å². The van der Waals surface area contributed by atoms with Crippen LogP contribution in [0, 0.1) is 6.92 Å². The van der Waals surface area contributed by atoms with Gasteiger partial charge in [0.1, 0.15) is 12.6 Å². The molecule has 0 fully saturated rings. The molecule has 38 heavy (non-hydrogen) atoms. The first-order chi connectivity index (χ1) is 18.0. The molecule has 0 aliphatic carbocycles. The van der Waals surface area contributed by atoms with Crippen LogP contribution in [0.15, 0.2) is 82.2 Å². The van der Waals surface area contributed by atoms with Crippen LogP contribution in [0.3, 0.4) is 0 Å². The van der Waals surface area contributed by atoms with E-state index >= 15 is 0 Å². The number of carbonyl (C=O) groups is 2. The second-order valence-corrected chi connectivity index (χ2v) is 12.1. The fraction of sp³-hybridized carbons (Fsp3) is 0.286. The summed E-state index contributed by atoms with van der Waals surface area (Å²) in [6.07, 6.45) is 0.748. The summed E-state index contributed by atoms with van der Waals surface area (Å²) in [6, 6.07) is 19.2. The van der Waals surface area contributed by atoms with Crippen LogP contribution in [0.1, 0.15) is 31.4 Å². The summed E-state index contributed by atoms with van der Waals surface area (Å²) in [7, 11) is -4.11. The molecule has 3 rings (SSSR count). The topological polar surface area (TPSA) is 86.8 Å². The van der Waals surface area contributed by atoms with Gasteiger partial charge in [-0.05, 0) is 74.4 Å². The number of halogens is 2. The number of amides is 2. The maximum absolute atomic E-state index is 13.8. The van der Waals surface area contributed by atoms with Crippen molar-refractivity contribution < 1.29 is 18.0 Å². The zero-order valence-electron chi connectivity index (χ0n) is 21.5. The van der Waals surface area contributed by atoms with Crippen LogP contribution in [-0.2, 0) is 26.2 Å². The van der Waals surface area contributed by atoms with Crippen molar-refractivity contribution in [3.63, 3.8) is 0 Å². The Labute approximate surface area is 238 Å². The van der Waals surface area contributed by atoms with Crippen molar-refractivity contribution in [1.29, 1.82) is 0 Å². The van der Waals surface area contributed by atoms with Gasteiger partial charge >= 0.3 is 0 Å². The minimum atomic E-state index is -4.11. The standard InChI is InChI=1S/C28H31BrClN3O4S/c1-4-17-31-28(35)21(3)32(18-22-7-9-23(29)10-8-22)27(34)19-33(25-13-11-24(30)12-14-25)38(36,37)26-15-5-20(2)6-16-26/h5-16,21H,4,17-19H2,1-3H3,(H,31,35)/t21-/m0/s1. The molecule has 1 N–H and O–H groups in total. The third-order valence-electron chi connectivity index (χ3n) is 5.99. The first-order valence-corrected chi connectivity index (χ1v) is 14.8. The summed E-state index contributed by atoms with van der Waals surface area (Å²) in [5, 5.41) is 3.26. The van der Waals surface area contributed by atoms with Crippen molar-refractivity contribution >= 4 is 55.1 Å². The summed E-state index contributed by atoms with van der Waals surface area (Å²) >= 11 is 9.46. The highest BCUT2D eigenvalue weighted by molar-refractivity contribution is 9.10. The van der Waals surface area contributed by atoms with Crippen LogP contribution in [0.5, 0.6) is 0 Å². The highest BCUT2D eigenvalue weighted by Crippen LogP contribution is 2.26. The van der Waals surface area contributed by atoms with E-state index in [2.05, 4.69) is 21.2 Å². The molecule has 0 aromatic heterocycles. The van der Waals surface area contributed by atoms with Crippen LogP contribution < -0.4 is 9.62 Å². The lowest BCUT2D eigenvalue weighted by atomic mass is 10.1. The van der Waals surface area contributed by atoms with Gasteiger partial charge in [-0.25, -0.2) is 8.42 Å². The molecule has 0 radical (unpaired) electrons. The Morgan fingerprint density at radius 3 is 2.16 bits per heavy atom. The highest BCUT2D eigenvalue weighted by atomic mass is 79.9. The Kier molecular flexibility index (Phi) is 10.4. The Hall–Kier alpha value is -2.88. The molecule has 7 nitrogen and oxygen atoms in total. The zero-order valence-corrected chi connectivity index (χ0v) is 24.7. The molecule has 3 aromatic carbocycles. The van der Waals surface area contributed by atoms with E-state index in [1.54, 1.807) is 43.3 Å². The molecule has 0 saturated heterocycles. The number of benzene rings is 3. The van der Waals surface area contributed by atoms with Crippen molar-refractivity contribution in [2.75, 3.05) is 17.4 Å². The number of hydrogen-bond donors (Lipinski definition) is 1. The van der Waals surface area contributed by atoms with Crippen molar-refractivity contribution in [1.82, 2.24) is 10.2 Å². The number of anilines is 1. The molecule has 2 amide bonds. The van der Waals surface area contributed by atoms with E-state index < -0.39 is 28.5 Å². The van der Waals surface area contributed by atoms with E-state index in [-0.39, 0.29) is 23.0 Å². The molecule has 10 heteroatoms. The third-order valence-corrected chi connectivity index (χ3v) is 8.55. The van der Waals surface area contributed by atoms with E-state index in [1.165, 1.54) is 17.0 Å². The Balaban J connectivity index is 2.00. The minimum Gasteiger partial charge on any atom is -0.354 e. The van der Waals surface area contributed by atoms with Crippen LogP contribution in [0.2, 0.25) is 5.02 Å². The first kappa shape index (κ1) is 29.7. The maximum Gasteiger partial charge on any atom is 0.264 e. The van der Waals surface area contributed by atoms with E-state index in [4.69, 9.17) is 11.6 Å². The largest absolute Gasteiger partial charge is 0.354 e. The van der Waals surface area contributed by atoms with Gasteiger partial charge in [0.25, 0.3) is 10.0 Å². The van der Waals surface area contributed by atoms with E-state index in [0.717, 1.165) is 26.3 Å². The van der Waals surface area contributed by atoms with E-state index in [9.17, 15) is 18.0 Å². The molecule has 0 spiro atoms. The van der Waals surface area contributed by atoms with Crippen molar-refractivity contribution in [2.24, 2.45) is 0 Å². The summed E-state index contributed by atoms with van der Waals surface area (Å²) in [6.45, 7) is 5.55. The van der Waals surface area contributed by atoms with Gasteiger partial charge < -0.3 is 10.2 Å². The van der Waals surface area contributed by atoms with E-state index in [0.29, 0.717) is 11.6 Å². The van der Waals surface area contributed by atoms with Crippen LogP contribution in [0.4, 0.5) is 5.69 Å². The molecule has 202 valence electrons. The lowest BCUT2D eigenvalue weighted by molar-refractivity contribution is -0.139. The number of aryl methyl sites for hydroxylation is 1. The maximum atomic E-state index is 13.8. The van der Waals surface area contributed by atoms with Gasteiger partial charge in [0.15, 0.2) is 0 Å². The molecular weight excluding hydrogens is 590 g/mol. The minimum absolute atomic E-state index is 0.0547. The number of nitrogens with zero attached hydrogens (tertiary/aromatic N) is 2. The van der Waals surface area contributed by atoms with Gasteiger partial charge in [-0.15, -0.1) is 0 Å². The van der Waals surface area contributed by atoms with Crippen molar-refractivity contribution in [2.45, 2.75) is 44.7 Å². The molecule has 0 heterocycles. The van der Waals surface area contributed by atoms with Crippen LogP contribution in [-0.4, -0.2) is 44.3 Å². The van der Waals surface area contributed by atoms with Gasteiger partial charge in [-0.1, -0.05) is 64.3 Å². The lowest BCUT2D eigenvalue weighted by Gasteiger charge is -2.32. The molecule has 0 aliphatic rings. The first-order valence-electron chi connectivity index (χ1n) is 12.2. The molecule has 0 aliphatic heterocycles. The normalized spacial score (nSPS) is 12.0. The second kappa shape index (κ2) is 13.3. The summed E-state index contributed by atoms with van der Waals surface area (Å²) < 4.78 is 29.5. The average Bonchev–Trinajstić information content (AvgIpc) is 2.90. The molecular formula is C28H31BrClN3O4S. The quantitative estimate of drug-likeness (QED) is 0.305. The molecule has 3 aromatic rings. The van der Waals surface area contributed by atoms with Crippen molar-refractivity contribution in [3.8, 4) is 0 Å². The number of carbonyl (C=O) groups excluding carboxylic acids is 2. The predicted octanol–water partition coefficient (Wildman–Crippen LogP) is 5.55. The van der Waals surface area contributed by atoms with E-state index in [1.807, 2.05) is 38.1 Å². The number of rotatable bonds is 11. The molecule has 0 saturated carbocycles. The Bertz CT molecular complexity index is 1350. The summed E-state index contributed by atoms with van der Waals surface area (Å²) in [5.74, 6) is -0.825. The van der Waals surface area contributed by atoms with Gasteiger partial charge in [0.05, 0.1) is 10.6 Å². The van der Waals surface area contributed by atoms with Gasteiger partial charge in [0, 0.05) is 22.6 Å². The SMILES string of the molecule is CCCNC(=O)[C@H](C)N(Cc1ccc(Br)cc1)C(=O)CN(c1ccc(Cl)cc1)S(=O)(=O)c1ccc(C)cc1. The Morgan fingerprint density at radius 1 is 0.974 bits per heavy atom. The summed E-state index contributed by atoms with van der Waals surface area (Å²) in [5.41, 5.74) is 2.00. The lowest BCUT2D eigenvalue weighted by Crippen LogP contribution is -2.51. The van der Waals surface area contributed by atoms with Gasteiger partial charge in [-0.2, -0.15) is 0 Å². The second-order valence-electron chi connectivity index (χ2n) is 8.92. The average molecular weight is 621 g/mol. The number of nitrogens with one attached hydrogen (secondary N) is 1. The van der Waals surface area contributed by atoms with Crippen molar-refractivity contribution in [3.05, 3.63) is 93.4 Å². The fourth-order valence-electron chi connectivity index (χ4n) is 3.74. The number of sulfonamides is 1. The van der Waals surface area contributed by atoms with Gasteiger partial charge in [0.2, 0.25) is 11.8 Å². The molecule has 1 atom stereocenters. The smallest absolute Gasteiger partial charge is 0.264 e. The molecule has 0 unspecified atom stereocenters. The molecule has 0 bridgehead atoms. The third kappa shape index (κ3) is 7.58. The Morgan fingerprint density at radius 2 is 1.58 bits per heavy atom. The van der Waals surface area contributed by atoms with Gasteiger partial charge in [-0.3, -0.25) is 13.9 Å². The monoisotopic (exact) mass is 619 g/mol. The highest BCUT2D eigenvalue weighted by Gasteiger charge is 2.32. The van der Waals surface area contributed by atoms with Crippen LogP contribution >= 0.6 is 27.5 Å². The number of hydrogen-bond acceptors (Lipinski definition) is 4. The zero-order chi connectivity index (χ0) is 27.9. The summed E-state index contributed by atoms with van der Waals surface area (Å²) in [4.78, 5) is 28.2. The predicted molar refractivity (Wildman–Crippen MR) is 155 cm³/mol.